The van der Waals surface area contributed by atoms with Gasteiger partial charge in [-0.25, -0.2) is 22.9 Å². The molecule has 0 saturated heterocycles. The number of rotatable bonds is 7. The third-order valence-electron chi connectivity index (χ3n) is 3.56. The lowest BCUT2D eigenvalue weighted by Gasteiger charge is -2.08. The van der Waals surface area contributed by atoms with E-state index in [1.54, 1.807) is 0 Å². The number of sulfonamides is 1. The van der Waals surface area contributed by atoms with Gasteiger partial charge in [0.2, 0.25) is 10.0 Å². The number of carbonyl (C=O) groups excluding carboxylic acids is 1. The number of nitro benzene ring substituents is 1. The van der Waals surface area contributed by atoms with E-state index in [4.69, 9.17) is 0 Å². The maximum Gasteiger partial charge on any atom is 0.321 e. The highest BCUT2D eigenvalue weighted by Crippen LogP contribution is 2.25. The molecule has 0 aliphatic rings. The van der Waals surface area contributed by atoms with Gasteiger partial charge in [-0.15, -0.1) is 0 Å². The number of nitrogens with one attached hydrogen (secondary N) is 3. The van der Waals surface area contributed by atoms with Gasteiger partial charge in [0.1, 0.15) is 0 Å². The van der Waals surface area contributed by atoms with Crippen molar-refractivity contribution in [2.45, 2.75) is 4.90 Å². The minimum Gasteiger partial charge on any atom is -0.336 e. The average Bonchev–Trinajstić information content (AvgIpc) is 3.07. The van der Waals surface area contributed by atoms with Crippen molar-refractivity contribution in [3.63, 3.8) is 0 Å². The standard InChI is InChI=1S/C16H15N5O5S2/c22-15(20-16-19-13-6-1-2-7-14(13)27-16)17-8-9-18-28(25,26)12-5-3-4-11(10-12)21(23)24/h1-7,10,18H,8-9H2,(H2,17,19,20,22). The molecule has 0 aliphatic carbocycles. The number of aromatic nitrogens is 1. The number of nitro groups is 1. The van der Waals surface area contributed by atoms with E-state index in [2.05, 4.69) is 20.3 Å². The Labute approximate surface area is 163 Å². The van der Waals surface area contributed by atoms with E-state index in [1.807, 2.05) is 24.3 Å². The molecule has 0 aliphatic heterocycles. The molecule has 10 nitrogen and oxygen atoms in total. The van der Waals surface area contributed by atoms with E-state index in [0.717, 1.165) is 16.3 Å². The lowest BCUT2D eigenvalue weighted by atomic mass is 10.3. The lowest BCUT2D eigenvalue weighted by molar-refractivity contribution is -0.385. The fourth-order valence-electron chi connectivity index (χ4n) is 2.28. The van der Waals surface area contributed by atoms with Crippen molar-refractivity contribution in [3.8, 4) is 0 Å². The van der Waals surface area contributed by atoms with Crippen molar-refractivity contribution in [1.82, 2.24) is 15.0 Å². The van der Waals surface area contributed by atoms with E-state index in [1.165, 1.54) is 29.5 Å². The maximum atomic E-state index is 12.2. The van der Waals surface area contributed by atoms with Crippen LogP contribution in [-0.4, -0.2) is 37.4 Å². The van der Waals surface area contributed by atoms with Crippen LogP contribution in [0.15, 0.2) is 53.4 Å². The van der Waals surface area contributed by atoms with Crippen LogP contribution in [0.2, 0.25) is 0 Å². The topological polar surface area (TPSA) is 143 Å². The number of urea groups is 1. The summed E-state index contributed by atoms with van der Waals surface area (Å²) in [6, 6.07) is 11.6. The van der Waals surface area contributed by atoms with Gasteiger partial charge in [-0.1, -0.05) is 29.5 Å². The van der Waals surface area contributed by atoms with Crippen LogP contribution in [0, 0.1) is 10.1 Å². The number of fused-ring (bicyclic) bond motifs is 1. The molecule has 0 spiro atoms. The molecule has 3 rings (SSSR count). The summed E-state index contributed by atoms with van der Waals surface area (Å²) < 4.78 is 27.6. The molecule has 0 fully saturated rings. The van der Waals surface area contributed by atoms with Crippen LogP contribution in [-0.2, 0) is 10.0 Å². The number of hydrogen-bond donors (Lipinski definition) is 3. The minimum absolute atomic E-state index is 0.0187. The summed E-state index contributed by atoms with van der Waals surface area (Å²) in [6.45, 7) is -0.0663. The van der Waals surface area contributed by atoms with E-state index < -0.39 is 21.0 Å². The third-order valence-corrected chi connectivity index (χ3v) is 5.97. The highest BCUT2D eigenvalue weighted by molar-refractivity contribution is 7.89. The van der Waals surface area contributed by atoms with Crippen LogP contribution in [0.3, 0.4) is 0 Å². The zero-order chi connectivity index (χ0) is 20.1. The highest BCUT2D eigenvalue weighted by atomic mass is 32.2. The molecule has 2 aromatic carbocycles. The molecule has 0 radical (unpaired) electrons. The Morgan fingerprint density at radius 3 is 2.68 bits per heavy atom. The Morgan fingerprint density at radius 1 is 1.14 bits per heavy atom. The number of nitrogens with zero attached hydrogens (tertiary/aromatic N) is 2. The summed E-state index contributed by atoms with van der Waals surface area (Å²) in [4.78, 5) is 26.0. The molecule has 0 saturated carbocycles. The second-order valence-electron chi connectivity index (χ2n) is 5.52. The molecule has 2 amide bonds. The van der Waals surface area contributed by atoms with Gasteiger partial charge in [-0.3, -0.25) is 15.4 Å². The molecule has 146 valence electrons. The summed E-state index contributed by atoms with van der Waals surface area (Å²) in [6.07, 6.45) is 0. The maximum absolute atomic E-state index is 12.2. The largest absolute Gasteiger partial charge is 0.336 e. The van der Waals surface area contributed by atoms with Crippen LogP contribution < -0.4 is 15.4 Å². The van der Waals surface area contributed by atoms with Crippen molar-refractivity contribution < 1.29 is 18.1 Å². The molecule has 0 atom stereocenters. The normalized spacial score (nSPS) is 11.3. The predicted octanol–water partition coefficient (Wildman–Crippen LogP) is 2.30. The highest BCUT2D eigenvalue weighted by Gasteiger charge is 2.17. The van der Waals surface area contributed by atoms with Crippen LogP contribution in [0.1, 0.15) is 0 Å². The lowest BCUT2D eigenvalue weighted by Crippen LogP contribution is -2.36. The molecular formula is C16H15N5O5S2. The molecule has 28 heavy (non-hydrogen) atoms. The molecular weight excluding hydrogens is 406 g/mol. The van der Waals surface area contributed by atoms with Crippen LogP contribution >= 0.6 is 11.3 Å². The van der Waals surface area contributed by atoms with Crippen molar-refractivity contribution >= 4 is 48.4 Å². The van der Waals surface area contributed by atoms with Crippen LogP contribution in [0.4, 0.5) is 15.6 Å². The van der Waals surface area contributed by atoms with Crippen molar-refractivity contribution in [3.05, 3.63) is 58.6 Å². The third kappa shape index (κ3) is 4.79. The minimum atomic E-state index is -3.93. The van der Waals surface area contributed by atoms with Gasteiger partial charge in [0.05, 0.1) is 20.0 Å². The zero-order valence-electron chi connectivity index (χ0n) is 14.3. The Morgan fingerprint density at radius 2 is 1.93 bits per heavy atom. The second-order valence-corrected chi connectivity index (χ2v) is 8.32. The Bertz CT molecular complexity index is 1100. The predicted molar refractivity (Wildman–Crippen MR) is 105 cm³/mol. The van der Waals surface area contributed by atoms with Crippen molar-refractivity contribution in [1.29, 1.82) is 0 Å². The summed E-state index contributed by atoms with van der Waals surface area (Å²) in [5, 5.41) is 16.3. The van der Waals surface area contributed by atoms with Crippen molar-refractivity contribution in [2.24, 2.45) is 0 Å². The second kappa shape index (κ2) is 8.29. The number of para-hydroxylation sites is 1. The first-order valence-corrected chi connectivity index (χ1v) is 10.3. The average molecular weight is 421 g/mol. The molecule has 0 unspecified atom stereocenters. The van der Waals surface area contributed by atoms with Gasteiger partial charge in [-0.05, 0) is 18.2 Å². The van der Waals surface area contributed by atoms with Gasteiger partial charge in [0.15, 0.2) is 5.13 Å². The number of anilines is 1. The molecule has 12 heteroatoms. The number of hydrogen-bond acceptors (Lipinski definition) is 7. The van der Waals surface area contributed by atoms with E-state index in [-0.39, 0.29) is 23.7 Å². The number of non-ortho nitro benzene ring substituents is 1. The molecule has 1 heterocycles. The fourth-order valence-corrected chi connectivity index (χ4v) is 4.21. The van der Waals surface area contributed by atoms with Crippen molar-refractivity contribution in [2.75, 3.05) is 18.4 Å². The van der Waals surface area contributed by atoms with Crippen LogP contribution in [0.5, 0.6) is 0 Å². The Kier molecular flexibility index (Phi) is 5.82. The Balaban J connectivity index is 1.50. The number of amides is 2. The smallest absolute Gasteiger partial charge is 0.321 e. The van der Waals surface area contributed by atoms with Gasteiger partial charge in [-0.2, -0.15) is 0 Å². The van der Waals surface area contributed by atoms with Gasteiger partial charge in [0.25, 0.3) is 5.69 Å². The summed E-state index contributed by atoms with van der Waals surface area (Å²) in [5.41, 5.74) is 0.448. The summed E-state index contributed by atoms with van der Waals surface area (Å²) >= 11 is 1.32. The molecule has 3 aromatic rings. The monoisotopic (exact) mass is 421 g/mol. The van der Waals surface area contributed by atoms with Gasteiger partial charge in [0, 0.05) is 25.2 Å². The Hall–Kier alpha value is -3.09. The number of benzene rings is 2. The van der Waals surface area contributed by atoms with E-state index in [0.29, 0.717) is 5.13 Å². The van der Waals surface area contributed by atoms with Gasteiger partial charge < -0.3 is 5.32 Å². The van der Waals surface area contributed by atoms with E-state index >= 15 is 0 Å². The first kappa shape index (κ1) is 19.7. The first-order valence-electron chi connectivity index (χ1n) is 8.00. The molecule has 3 N–H and O–H groups in total. The van der Waals surface area contributed by atoms with Crippen LogP contribution in [0.25, 0.3) is 10.2 Å². The quantitative estimate of drug-likeness (QED) is 0.303. The first-order chi connectivity index (χ1) is 13.3. The van der Waals surface area contributed by atoms with E-state index in [9.17, 15) is 23.3 Å². The number of carbonyl (C=O) groups is 1. The molecule has 1 aromatic heterocycles. The fraction of sp³-hybridized carbons (Fsp3) is 0.125. The SMILES string of the molecule is O=C(NCCNS(=O)(=O)c1cccc([N+](=O)[O-])c1)Nc1nc2ccccc2s1. The number of thiazole rings is 1. The van der Waals surface area contributed by atoms with Gasteiger partial charge >= 0.3 is 6.03 Å². The summed E-state index contributed by atoms with van der Waals surface area (Å²) in [7, 11) is -3.93. The summed E-state index contributed by atoms with van der Waals surface area (Å²) in [5.74, 6) is 0. The molecule has 0 bridgehead atoms. The zero-order valence-corrected chi connectivity index (χ0v) is 15.9.